The van der Waals surface area contributed by atoms with Crippen LogP contribution in [-0.4, -0.2) is 0 Å². The Labute approximate surface area is 73.4 Å². The van der Waals surface area contributed by atoms with Gasteiger partial charge in [-0.05, 0) is 40.4 Å². The van der Waals surface area contributed by atoms with E-state index < -0.39 is 0 Å². The average Bonchev–Trinajstić information content (AvgIpc) is 2.09. The SMILES string of the molecule is CCc1c(N)sc(Br)c1C. The first-order valence-electron chi connectivity index (χ1n) is 3.20. The summed E-state index contributed by atoms with van der Waals surface area (Å²) in [7, 11) is 0. The molecule has 1 nitrogen and oxygen atoms in total. The zero-order valence-electron chi connectivity index (χ0n) is 6.07. The van der Waals surface area contributed by atoms with Crippen molar-refractivity contribution in [1.29, 1.82) is 0 Å². The number of nitrogens with two attached hydrogens (primary N) is 1. The fraction of sp³-hybridized carbons (Fsp3) is 0.429. The van der Waals surface area contributed by atoms with Crippen molar-refractivity contribution in [2.24, 2.45) is 0 Å². The molecule has 0 bridgehead atoms. The lowest BCUT2D eigenvalue weighted by atomic mass is 10.1. The molecule has 1 heterocycles. The van der Waals surface area contributed by atoms with E-state index in [0.29, 0.717) is 0 Å². The molecule has 1 rings (SSSR count). The summed E-state index contributed by atoms with van der Waals surface area (Å²) in [6, 6.07) is 0. The molecule has 10 heavy (non-hydrogen) atoms. The fourth-order valence-electron chi connectivity index (χ4n) is 0.978. The Morgan fingerprint density at radius 1 is 1.60 bits per heavy atom. The van der Waals surface area contributed by atoms with Crippen LogP contribution in [-0.2, 0) is 6.42 Å². The minimum absolute atomic E-state index is 0.951. The number of thiophene rings is 1. The lowest BCUT2D eigenvalue weighted by molar-refractivity contribution is 1.13. The van der Waals surface area contributed by atoms with Gasteiger partial charge in [0.15, 0.2) is 0 Å². The largest absolute Gasteiger partial charge is 0.390 e. The van der Waals surface area contributed by atoms with Gasteiger partial charge in [0.05, 0.1) is 8.79 Å². The van der Waals surface area contributed by atoms with Gasteiger partial charge >= 0.3 is 0 Å². The maximum Gasteiger partial charge on any atom is 0.0903 e. The van der Waals surface area contributed by atoms with Crippen molar-refractivity contribution in [2.75, 3.05) is 5.73 Å². The van der Waals surface area contributed by atoms with Gasteiger partial charge in [0.1, 0.15) is 0 Å². The molecule has 1 aromatic rings. The maximum atomic E-state index is 5.74. The molecule has 0 radical (unpaired) electrons. The minimum atomic E-state index is 0.951. The lowest BCUT2D eigenvalue weighted by Crippen LogP contribution is -1.87. The van der Waals surface area contributed by atoms with Gasteiger partial charge < -0.3 is 5.73 Å². The Kier molecular flexibility index (Phi) is 2.36. The van der Waals surface area contributed by atoms with Crippen molar-refractivity contribution >= 4 is 32.3 Å². The van der Waals surface area contributed by atoms with Gasteiger partial charge in [0.2, 0.25) is 0 Å². The first kappa shape index (κ1) is 8.08. The van der Waals surface area contributed by atoms with E-state index in [1.165, 1.54) is 14.9 Å². The van der Waals surface area contributed by atoms with Crippen LogP contribution in [0.5, 0.6) is 0 Å². The second kappa shape index (κ2) is 2.93. The molecule has 0 spiro atoms. The van der Waals surface area contributed by atoms with Crippen molar-refractivity contribution in [3.05, 3.63) is 14.9 Å². The van der Waals surface area contributed by atoms with E-state index in [1.54, 1.807) is 11.3 Å². The molecule has 2 N–H and O–H groups in total. The van der Waals surface area contributed by atoms with Crippen molar-refractivity contribution in [2.45, 2.75) is 20.3 Å². The number of hydrogen-bond donors (Lipinski definition) is 1. The summed E-state index contributed by atoms with van der Waals surface area (Å²) in [6.45, 7) is 4.22. The molecule has 0 saturated heterocycles. The van der Waals surface area contributed by atoms with Crippen LogP contribution in [0, 0.1) is 6.92 Å². The third-order valence-corrected chi connectivity index (χ3v) is 3.63. The normalized spacial score (nSPS) is 10.3. The monoisotopic (exact) mass is 219 g/mol. The highest BCUT2D eigenvalue weighted by Gasteiger charge is 2.07. The summed E-state index contributed by atoms with van der Waals surface area (Å²) in [5, 5.41) is 0.951. The van der Waals surface area contributed by atoms with Gasteiger partial charge in [-0.1, -0.05) is 6.92 Å². The smallest absolute Gasteiger partial charge is 0.0903 e. The van der Waals surface area contributed by atoms with Crippen molar-refractivity contribution < 1.29 is 0 Å². The van der Waals surface area contributed by atoms with Crippen LogP contribution in [0.4, 0.5) is 5.00 Å². The number of anilines is 1. The summed E-state index contributed by atoms with van der Waals surface area (Å²) in [5.41, 5.74) is 8.33. The van der Waals surface area contributed by atoms with Crippen LogP contribution < -0.4 is 5.73 Å². The predicted molar refractivity (Wildman–Crippen MR) is 50.5 cm³/mol. The van der Waals surface area contributed by atoms with E-state index in [1.807, 2.05) is 0 Å². The second-order valence-electron chi connectivity index (χ2n) is 2.20. The molecule has 0 aliphatic carbocycles. The third-order valence-electron chi connectivity index (χ3n) is 1.60. The summed E-state index contributed by atoms with van der Waals surface area (Å²) >= 11 is 5.06. The summed E-state index contributed by atoms with van der Waals surface area (Å²) in [6.07, 6.45) is 1.03. The van der Waals surface area contributed by atoms with Crippen LogP contribution in [0.15, 0.2) is 3.79 Å². The maximum absolute atomic E-state index is 5.74. The number of nitrogen functional groups attached to an aromatic ring is 1. The van der Waals surface area contributed by atoms with Gasteiger partial charge in [-0.3, -0.25) is 0 Å². The topological polar surface area (TPSA) is 26.0 Å². The summed E-state index contributed by atoms with van der Waals surface area (Å²) in [4.78, 5) is 0. The highest BCUT2D eigenvalue weighted by molar-refractivity contribution is 9.11. The van der Waals surface area contributed by atoms with Gasteiger partial charge in [-0.2, -0.15) is 0 Å². The molecule has 0 amide bonds. The standard InChI is InChI=1S/C7H10BrNS/c1-3-5-4(2)6(8)10-7(5)9/h3,9H2,1-2H3. The molecule has 0 unspecified atom stereocenters. The average molecular weight is 220 g/mol. The Morgan fingerprint density at radius 2 is 2.20 bits per heavy atom. The Balaban J connectivity index is 3.20. The molecule has 3 heteroatoms. The van der Waals surface area contributed by atoms with Crippen molar-refractivity contribution in [3.8, 4) is 0 Å². The zero-order chi connectivity index (χ0) is 7.72. The summed E-state index contributed by atoms with van der Waals surface area (Å²) in [5.74, 6) is 0. The minimum Gasteiger partial charge on any atom is -0.390 e. The molecule has 0 aliphatic rings. The van der Waals surface area contributed by atoms with E-state index in [4.69, 9.17) is 5.73 Å². The predicted octanol–water partition coefficient (Wildman–Crippen LogP) is 2.96. The van der Waals surface area contributed by atoms with E-state index in [0.717, 1.165) is 11.4 Å². The van der Waals surface area contributed by atoms with Crippen LogP contribution in [0.2, 0.25) is 0 Å². The number of halogens is 1. The molecular formula is C7H10BrNS. The third kappa shape index (κ3) is 1.20. The quantitative estimate of drug-likeness (QED) is 0.773. The fourth-order valence-corrected chi connectivity index (χ4v) is 2.63. The number of hydrogen-bond acceptors (Lipinski definition) is 2. The Bertz CT molecular complexity index is 242. The second-order valence-corrected chi connectivity index (χ2v) is 4.57. The highest BCUT2D eigenvalue weighted by atomic mass is 79.9. The lowest BCUT2D eigenvalue weighted by Gasteiger charge is -1.94. The first-order chi connectivity index (χ1) is 4.66. The van der Waals surface area contributed by atoms with E-state index in [2.05, 4.69) is 29.8 Å². The van der Waals surface area contributed by atoms with Crippen LogP contribution in [0.1, 0.15) is 18.1 Å². The van der Waals surface area contributed by atoms with E-state index in [-0.39, 0.29) is 0 Å². The molecule has 0 saturated carbocycles. The highest BCUT2D eigenvalue weighted by Crippen LogP contribution is 2.34. The summed E-state index contributed by atoms with van der Waals surface area (Å²) < 4.78 is 1.17. The zero-order valence-corrected chi connectivity index (χ0v) is 8.47. The van der Waals surface area contributed by atoms with Crippen LogP contribution in [0.25, 0.3) is 0 Å². The molecule has 56 valence electrons. The van der Waals surface area contributed by atoms with Crippen LogP contribution in [0.3, 0.4) is 0 Å². The Hall–Kier alpha value is -0.0200. The van der Waals surface area contributed by atoms with Crippen molar-refractivity contribution in [1.82, 2.24) is 0 Å². The molecule has 0 aliphatic heterocycles. The molecule has 0 aromatic carbocycles. The number of rotatable bonds is 1. The molecular weight excluding hydrogens is 210 g/mol. The van der Waals surface area contributed by atoms with Gasteiger partial charge in [0, 0.05) is 0 Å². The Morgan fingerprint density at radius 3 is 2.40 bits per heavy atom. The van der Waals surface area contributed by atoms with E-state index in [9.17, 15) is 0 Å². The first-order valence-corrected chi connectivity index (χ1v) is 4.81. The molecule has 1 aromatic heterocycles. The van der Waals surface area contributed by atoms with Gasteiger partial charge in [0.25, 0.3) is 0 Å². The van der Waals surface area contributed by atoms with Gasteiger partial charge in [-0.15, -0.1) is 11.3 Å². The molecule has 0 fully saturated rings. The molecule has 0 atom stereocenters. The van der Waals surface area contributed by atoms with E-state index >= 15 is 0 Å². The van der Waals surface area contributed by atoms with Gasteiger partial charge in [-0.25, -0.2) is 0 Å². The van der Waals surface area contributed by atoms with Crippen LogP contribution >= 0.6 is 27.3 Å². The van der Waals surface area contributed by atoms with Crippen molar-refractivity contribution in [3.63, 3.8) is 0 Å².